The van der Waals surface area contributed by atoms with Crippen LogP contribution in [0.1, 0.15) is 29.4 Å². The number of aryl methyl sites for hydroxylation is 2. The summed E-state index contributed by atoms with van der Waals surface area (Å²) in [4.78, 5) is 23.3. The van der Waals surface area contributed by atoms with Gasteiger partial charge in [-0.05, 0) is 31.0 Å². The molecule has 0 bridgehead atoms. The van der Waals surface area contributed by atoms with Crippen molar-refractivity contribution in [3.63, 3.8) is 0 Å². The predicted octanol–water partition coefficient (Wildman–Crippen LogP) is 2.23. The van der Waals surface area contributed by atoms with E-state index in [2.05, 4.69) is 10.4 Å². The molecule has 7 heteroatoms. The molecule has 0 saturated heterocycles. The van der Waals surface area contributed by atoms with Crippen molar-refractivity contribution >= 4 is 29.1 Å². The van der Waals surface area contributed by atoms with E-state index in [0.29, 0.717) is 23.7 Å². The maximum atomic E-state index is 12.0. The Morgan fingerprint density at radius 1 is 1.32 bits per heavy atom. The van der Waals surface area contributed by atoms with Crippen LogP contribution in [0.2, 0.25) is 5.02 Å². The second-order valence-electron chi connectivity index (χ2n) is 4.79. The maximum absolute atomic E-state index is 12.0. The van der Waals surface area contributed by atoms with Gasteiger partial charge in [0.05, 0.1) is 5.69 Å². The van der Waals surface area contributed by atoms with Crippen molar-refractivity contribution in [2.45, 2.75) is 26.3 Å². The average Bonchev–Trinajstić information content (AvgIpc) is 2.90. The third-order valence-corrected chi connectivity index (χ3v) is 3.40. The molecule has 2 aromatic rings. The van der Waals surface area contributed by atoms with E-state index in [1.807, 2.05) is 19.1 Å². The van der Waals surface area contributed by atoms with Gasteiger partial charge in [0.2, 0.25) is 5.91 Å². The lowest BCUT2D eigenvalue weighted by atomic mass is 10.1. The summed E-state index contributed by atoms with van der Waals surface area (Å²) in [6, 6.07) is 7.32. The molecule has 22 heavy (non-hydrogen) atoms. The van der Waals surface area contributed by atoms with Crippen LogP contribution in [0.4, 0.5) is 5.69 Å². The molecule has 0 radical (unpaired) electrons. The minimum atomic E-state index is -0.666. The van der Waals surface area contributed by atoms with E-state index >= 15 is 0 Å². The van der Waals surface area contributed by atoms with Crippen LogP contribution in [0.5, 0.6) is 0 Å². The van der Waals surface area contributed by atoms with Crippen molar-refractivity contribution in [2.24, 2.45) is 5.73 Å². The van der Waals surface area contributed by atoms with Crippen molar-refractivity contribution in [1.29, 1.82) is 0 Å². The number of primary amides is 1. The Kier molecular flexibility index (Phi) is 5.16. The number of amides is 2. The van der Waals surface area contributed by atoms with Crippen molar-refractivity contribution in [1.82, 2.24) is 9.78 Å². The molecule has 0 saturated carbocycles. The first-order chi connectivity index (χ1) is 10.5. The molecule has 2 amide bonds. The second kappa shape index (κ2) is 7.09. The first-order valence-electron chi connectivity index (χ1n) is 6.91. The topological polar surface area (TPSA) is 90.0 Å². The van der Waals surface area contributed by atoms with E-state index in [4.69, 9.17) is 17.3 Å². The van der Waals surface area contributed by atoms with Crippen LogP contribution >= 0.6 is 11.6 Å². The van der Waals surface area contributed by atoms with E-state index < -0.39 is 5.91 Å². The maximum Gasteiger partial charge on any atom is 0.271 e. The predicted molar refractivity (Wildman–Crippen MR) is 84.8 cm³/mol. The van der Waals surface area contributed by atoms with Crippen LogP contribution in [-0.2, 0) is 17.8 Å². The molecular formula is C15H17ClN4O2. The minimum absolute atomic E-state index is 0.0710. The van der Waals surface area contributed by atoms with Crippen LogP contribution in [0.3, 0.4) is 0 Å². The Labute approximate surface area is 133 Å². The van der Waals surface area contributed by atoms with Crippen LogP contribution in [0.25, 0.3) is 0 Å². The number of hydrogen-bond donors (Lipinski definition) is 2. The minimum Gasteiger partial charge on any atom is -0.364 e. The summed E-state index contributed by atoms with van der Waals surface area (Å²) in [6.07, 6.45) is 2.47. The van der Waals surface area contributed by atoms with Gasteiger partial charge in [-0.15, -0.1) is 0 Å². The highest BCUT2D eigenvalue weighted by Gasteiger charge is 2.15. The summed E-state index contributed by atoms with van der Waals surface area (Å²) < 4.78 is 1.55. The van der Waals surface area contributed by atoms with Gasteiger partial charge in [0.25, 0.3) is 5.91 Å². The van der Waals surface area contributed by atoms with E-state index in [9.17, 15) is 9.59 Å². The molecule has 1 aromatic heterocycles. The second-order valence-corrected chi connectivity index (χ2v) is 5.22. The van der Waals surface area contributed by atoms with Gasteiger partial charge in [-0.1, -0.05) is 23.7 Å². The van der Waals surface area contributed by atoms with Crippen LogP contribution in [-0.4, -0.2) is 21.6 Å². The summed E-state index contributed by atoms with van der Waals surface area (Å²) in [6.45, 7) is 2.46. The first-order valence-corrected chi connectivity index (χ1v) is 7.29. The van der Waals surface area contributed by atoms with E-state index in [1.165, 1.54) is 0 Å². The molecule has 2 rings (SSSR count). The number of anilines is 1. The lowest BCUT2D eigenvalue weighted by Gasteiger charge is -2.04. The summed E-state index contributed by atoms with van der Waals surface area (Å²) in [5.41, 5.74) is 6.69. The van der Waals surface area contributed by atoms with Crippen molar-refractivity contribution in [2.75, 3.05) is 5.32 Å². The number of nitrogens with zero attached hydrogens (tertiary/aromatic N) is 2. The Morgan fingerprint density at radius 2 is 2.00 bits per heavy atom. The van der Waals surface area contributed by atoms with Gasteiger partial charge in [-0.3, -0.25) is 14.3 Å². The highest BCUT2D eigenvalue weighted by atomic mass is 35.5. The molecule has 1 heterocycles. The number of nitrogens with two attached hydrogens (primary N) is 1. The van der Waals surface area contributed by atoms with Gasteiger partial charge in [0.1, 0.15) is 0 Å². The number of halogens is 1. The van der Waals surface area contributed by atoms with E-state index in [1.54, 1.807) is 23.0 Å². The van der Waals surface area contributed by atoms with Gasteiger partial charge in [-0.25, -0.2) is 0 Å². The number of nitrogens with one attached hydrogen (secondary N) is 1. The fourth-order valence-corrected chi connectivity index (χ4v) is 2.10. The number of benzene rings is 1. The van der Waals surface area contributed by atoms with Gasteiger partial charge in [0.15, 0.2) is 5.69 Å². The Hall–Kier alpha value is -2.34. The van der Waals surface area contributed by atoms with Gasteiger partial charge in [-0.2, -0.15) is 5.10 Å². The zero-order chi connectivity index (χ0) is 16.1. The van der Waals surface area contributed by atoms with Crippen LogP contribution in [0.15, 0.2) is 30.5 Å². The number of aromatic nitrogens is 2. The summed E-state index contributed by atoms with van der Waals surface area (Å²) >= 11 is 5.81. The zero-order valence-electron chi connectivity index (χ0n) is 12.2. The average molecular weight is 321 g/mol. The number of rotatable bonds is 6. The quantitative estimate of drug-likeness (QED) is 0.855. The third-order valence-electron chi connectivity index (χ3n) is 3.15. The normalized spacial score (nSPS) is 10.5. The zero-order valence-corrected chi connectivity index (χ0v) is 12.9. The molecule has 6 nitrogen and oxygen atoms in total. The van der Waals surface area contributed by atoms with Crippen LogP contribution < -0.4 is 11.1 Å². The molecule has 0 aliphatic carbocycles. The highest BCUT2D eigenvalue weighted by molar-refractivity contribution is 6.30. The molecule has 0 aliphatic rings. The molecular weight excluding hydrogens is 304 g/mol. The molecule has 0 aliphatic heterocycles. The fourth-order valence-electron chi connectivity index (χ4n) is 1.98. The number of carbonyl (C=O) groups excluding carboxylic acids is 2. The summed E-state index contributed by atoms with van der Waals surface area (Å²) in [5.74, 6) is -0.867. The van der Waals surface area contributed by atoms with Gasteiger partial charge >= 0.3 is 0 Å². The Morgan fingerprint density at radius 3 is 2.59 bits per heavy atom. The lowest BCUT2D eigenvalue weighted by Crippen LogP contribution is -2.18. The third kappa shape index (κ3) is 4.08. The Bertz CT molecular complexity index is 679. The van der Waals surface area contributed by atoms with E-state index in [0.717, 1.165) is 5.56 Å². The smallest absolute Gasteiger partial charge is 0.271 e. The molecule has 0 fully saturated rings. The van der Waals surface area contributed by atoms with Gasteiger partial charge in [0, 0.05) is 24.2 Å². The molecule has 3 N–H and O–H groups in total. The Balaban J connectivity index is 1.98. The standard InChI is InChI=1S/C15H17ClN4O2/c1-2-20-9-12(14(19-20)15(17)22)18-13(21)8-5-10-3-6-11(16)7-4-10/h3-4,6-7,9H,2,5,8H2,1H3,(H2,17,22)(H,18,21). The SMILES string of the molecule is CCn1cc(NC(=O)CCc2ccc(Cl)cc2)c(C(N)=O)n1. The molecule has 0 unspecified atom stereocenters. The molecule has 116 valence electrons. The van der Waals surface area contributed by atoms with Crippen LogP contribution in [0, 0.1) is 0 Å². The number of carbonyl (C=O) groups is 2. The monoisotopic (exact) mass is 320 g/mol. The van der Waals surface area contributed by atoms with Crippen molar-refractivity contribution in [3.8, 4) is 0 Å². The molecule has 1 aromatic carbocycles. The first kappa shape index (κ1) is 16.0. The van der Waals surface area contributed by atoms with E-state index in [-0.39, 0.29) is 18.0 Å². The number of hydrogen-bond acceptors (Lipinski definition) is 3. The van der Waals surface area contributed by atoms with Crippen molar-refractivity contribution in [3.05, 3.63) is 46.7 Å². The molecule has 0 atom stereocenters. The largest absolute Gasteiger partial charge is 0.364 e. The van der Waals surface area contributed by atoms with Gasteiger partial charge < -0.3 is 11.1 Å². The fraction of sp³-hybridized carbons (Fsp3) is 0.267. The molecule has 0 spiro atoms. The van der Waals surface area contributed by atoms with Crippen molar-refractivity contribution < 1.29 is 9.59 Å². The summed E-state index contributed by atoms with van der Waals surface area (Å²) in [7, 11) is 0. The summed E-state index contributed by atoms with van der Waals surface area (Å²) in [5, 5.41) is 7.36. The lowest BCUT2D eigenvalue weighted by molar-refractivity contribution is -0.116. The highest BCUT2D eigenvalue weighted by Crippen LogP contribution is 2.15.